The molecule has 3 nitrogen and oxygen atoms in total. The molecule has 0 bridgehead atoms. The molecule has 1 atom stereocenters. The van der Waals surface area contributed by atoms with E-state index in [1.165, 1.54) is 0 Å². The van der Waals surface area contributed by atoms with Crippen LogP contribution in [0.15, 0.2) is 5.38 Å². The Bertz CT molecular complexity index is 337. The fourth-order valence-electron chi connectivity index (χ4n) is 2.06. The van der Waals surface area contributed by atoms with Gasteiger partial charge in [0.25, 0.3) is 0 Å². The van der Waals surface area contributed by atoms with Gasteiger partial charge in [-0.2, -0.15) is 0 Å². The number of rotatable bonds is 3. The standard InChI is InChI=1S/C11H16N2OS/c1-9-12-11(8-15-9)6-13-4-2-3-10(5-13)7-14/h7-8,10H,2-6H2,1H3. The zero-order chi connectivity index (χ0) is 10.7. The zero-order valence-corrected chi connectivity index (χ0v) is 9.80. The van der Waals surface area contributed by atoms with Gasteiger partial charge in [0, 0.05) is 24.4 Å². The number of likely N-dealkylation sites (tertiary alicyclic amines) is 1. The van der Waals surface area contributed by atoms with Crippen LogP contribution in [0.3, 0.4) is 0 Å². The molecule has 2 rings (SSSR count). The number of nitrogens with zero attached hydrogens (tertiary/aromatic N) is 2. The summed E-state index contributed by atoms with van der Waals surface area (Å²) in [4.78, 5) is 17.5. The number of carbonyl (C=O) groups is 1. The predicted octanol–water partition coefficient (Wildman–Crippen LogP) is 1.86. The molecule has 4 heteroatoms. The highest BCUT2D eigenvalue weighted by Gasteiger charge is 2.19. The molecule has 1 aliphatic heterocycles. The molecule has 1 aromatic rings. The van der Waals surface area contributed by atoms with Crippen molar-refractivity contribution in [3.8, 4) is 0 Å². The Kier molecular flexibility index (Phi) is 3.49. The van der Waals surface area contributed by atoms with Crippen LogP contribution in [-0.2, 0) is 11.3 Å². The maximum atomic E-state index is 10.7. The quantitative estimate of drug-likeness (QED) is 0.735. The Hall–Kier alpha value is -0.740. The molecule has 0 N–H and O–H groups in total. The average Bonchev–Trinajstić information content (AvgIpc) is 2.64. The van der Waals surface area contributed by atoms with E-state index in [9.17, 15) is 4.79 Å². The van der Waals surface area contributed by atoms with E-state index in [0.29, 0.717) is 0 Å². The first-order valence-electron chi connectivity index (χ1n) is 5.36. The second kappa shape index (κ2) is 4.86. The van der Waals surface area contributed by atoms with E-state index in [0.717, 1.165) is 49.5 Å². The van der Waals surface area contributed by atoms with Crippen molar-refractivity contribution in [1.29, 1.82) is 0 Å². The summed E-state index contributed by atoms with van der Waals surface area (Å²) in [6.07, 6.45) is 3.28. The average molecular weight is 224 g/mol. The summed E-state index contributed by atoms with van der Waals surface area (Å²) in [5, 5.41) is 3.23. The van der Waals surface area contributed by atoms with Gasteiger partial charge in [-0.05, 0) is 26.3 Å². The van der Waals surface area contributed by atoms with E-state index in [2.05, 4.69) is 15.3 Å². The fraction of sp³-hybridized carbons (Fsp3) is 0.636. The van der Waals surface area contributed by atoms with Crippen LogP contribution in [0.5, 0.6) is 0 Å². The Morgan fingerprint density at radius 2 is 2.60 bits per heavy atom. The van der Waals surface area contributed by atoms with Crippen LogP contribution in [0.4, 0.5) is 0 Å². The summed E-state index contributed by atoms with van der Waals surface area (Å²) < 4.78 is 0. The third-order valence-corrected chi connectivity index (χ3v) is 3.61. The van der Waals surface area contributed by atoms with Gasteiger partial charge in [0.15, 0.2) is 0 Å². The van der Waals surface area contributed by atoms with Crippen molar-refractivity contribution < 1.29 is 4.79 Å². The minimum atomic E-state index is 0.235. The van der Waals surface area contributed by atoms with Gasteiger partial charge in [0.05, 0.1) is 10.7 Å². The van der Waals surface area contributed by atoms with Crippen molar-refractivity contribution in [2.24, 2.45) is 5.92 Å². The minimum absolute atomic E-state index is 0.235. The lowest BCUT2D eigenvalue weighted by Gasteiger charge is -2.29. The van der Waals surface area contributed by atoms with Crippen LogP contribution in [0.1, 0.15) is 23.5 Å². The molecule has 2 heterocycles. The normalized spacial score (nSPS) is 22.9. The molecule has 0 aromatic carbocycles. The molecule has 82 valence electrons. The van der Waals surface area contributed by atoms with Gasteiger partial charge in [0.1, 0.15) is 6.29 Å². The van der Waals surface area contributed by atoms with Crippen LogP contribution < -0.4 is 0 Å². The highest BCUT2D eigenvalue weighted by atomic mass is 32.1. The molecule has 1 aliphatic rings. The first-order chi connectivity index (χ1) is 7.28. The van der Waals surface area contributed by atoms with Gasteiger partial charge < -0.3 is 4.79 Å². The smallest absolute Gasteiger partial charge is 0.124 e. The third-order valence-electron chi connectivity index (χ3n) is 2.79. The molecule has 0 radical (unpaired) electrons. The van der Waals surface area contributed by atoms with Gasteiger partial charge in [-0.3, -0.25) is 4.90 Å². The lowest BCUT2D eigenvalue weighted by molar-refractivity contribution is -0.112. The van der Waals surface area contributed by atoms with Crippen molar-refractivity contribution in [2.75, 3.05) is 13.1 Å². The van der Waals surface area contributed by atoms with Gasteiger partial charge in [-0.25, -0.2) is 4.98 Å². The molecule has 0 spiro atoms. The monoisotopic (exact) mass is 224 g/mol. The van der Waals surface area contributed by atoms with Gasteiger partial charge in [-0.1, -0.05) is 0 Å². The van der Waals surface area contributed by atoms with Crippen LogP contribution in [0.2, 0.25) is 0 Å². The van der Waals surface area contributed by atoms with E-state index in [1.54, 1.807) is 11.3 Å². The Morgan fingerprint density at radius 3 is 3.27 bits per heavy atom. The highest BCUT2D eigenvalue weighted by molar-refractivity contribution is 7.09. The van der Waals surface area contributed by atoms with E-state index in [4.69, 9.17) is 0 Å². The largest absolute Gasteiger partial charge is 0.303 e. The summed E-state index contributed by atoms with van der Waals surface area (Å²) in [6, 6.07) is 0. The Balaban J connectivity index is 1.91. The molecule has 0 saturated carbocycles. The Morgan fingerprint density at radius 1 is 1.73 bits per heavy atom. The number of aryl methyl sites for hydroxylation is 1. The number of thiazole rings is 1. The maximum absolute atomic E-state index is 10.7. The van der Waals surface area contributed by atoms with Gasteiger partial charge >= 0.3 is 0 Å². The zero-order valence-electron chi connectivity index (χ0n) is 8.98. The number of aromatic nitrogens is 1. The third kappa shape index (κ3) is 2.86. The fourth-order valence-corrected chi connectivity index (χ4v) is 2.66. The van der Waals surface area contributed by atoms with E-state index in [1.807, 2.05) is 6.92 Å². The molecule has 1 fully saturated rings. The highest BCUT2D eigenvalue weighted by Crippen LogP contribution is 2.17. The van der Waals surface area contributed by atoms with E-state index in [-0.39, 0.29) is 5.92 Å². The van der Waals surface area contributed by atoms with Crippen molar-refractivity contribution in [1.82, 2.24) is 9.88 Å². The second-order valence-electron chi connectivity index (χ2n) is 4.13. The number of hydrogen-bond acceptors (Lipinski definition) is 4. The summed E-state index contributed by atoms with van der Waals surface area (Å²) in [7, 11) is 0. The molecule has 1 saturated heterocycles. The topological polar surface area (TPSA) is 33.2 Å². The number of carbonyl (C=O) groups excluding carboxylic acids is 1. The molecular formula is C11H16N2OS. The minimum Gasteiger partial charge on any atom is -0.303 e. The molecule has 0 aliphatic carbocycles. The van der Waals surface area contributed by atoms with E-state index >= 15 is 0 Å². The molecule has 0 amide bonds. The van der Waals surface area contributed by atoms with Crippen molar-refractivity contribution in [3.05, 3.63) is 16.1 Å². The summed E-state index contributed by atoms with van der Waals surface area (Å²) in [5.74, 6) is 0.235. The van der Waals surface area contributed by atoms with Crippen molar-refractivity contribution in [3.63, 3.8) is 0 Å². The number of aldehydes is 1. The maximum Gasteiger partial charge on any atom is 0.124 e. The van der Waals surface area contributed by atoms with Crippen LogP contribution >= 0.6 is 11.3 Å². The lowest BCUT2D eigenvalue weighted by Crippen LogP contribution is -2.35. The lowest BCUT2D eigenvalue weighted by atomic mass is 10.00. The van der Waals surface area contributed by atoms with Gasteiger partial charge in [-0.15, -0.1) is 11.3 Å². The van der Waals surface area contributed by atoms with Crippen LogP contribution in [0.25, 0.3) is 0 Å². The summed E-state index contributed by atoms with van der Waals surface area (Å²) >= 11 is 1.69. The second-order valence-corrected chi connectivity index (χ2v) is 5.19. The van der Waals surface area contributed by atoms with E-state index < -0.39 is 0 Å². The first kappa shape index (κ1) is 10.8. The SMILES string of the molecule is Cc1nc(CN2CCCC(C=O)C2)cs1. The number of hydrogen-bond donors (Lipinski definition) is 0. The van der Waals surface area contributed by atoms with Crippen LogP contribution in [0, 0.1) is 12.8 Å². The Labute approximate surface area is 94.1 Å². The molecule has 1 aromatic heterocycles. The molecule has 15 heavy (non-hydrogen) atoms. The van der Waals surface area contributed by atoms with Crippen LogP contribution in [-0.4, -0.2) is 29.3 Å². The summed E-state index contributed by atoms with van der Waals surface area (Å²) in [6.45, 7) is 4.92. The molecule has 1 unspecified atom stereocenters. The van der Waals surface area contributed by atoms with Gasteiger partial charge in [0.2, 0.25) is 0 Å². The van der Waals surface area contributed by atoms with Crippen molar-refractivity contribution in [2.45, 2.75) is 26.3 Å². The summed E-state index contributed by atoms with van der Waals surface area (Å²) in [5.41, 5.74) is 1.14. The molecular weight excluding hydrogens is 208 g/mol. The number of piperidine rings is 1. The van der Waals surface area contributed by atoms with Crippen molar-refractivity contribution >= 4 is 17.6 Å². The first-order valence-corrected chi connectivity index (χ1v) is 6.24. The predicted molar refractivity (Wildman–Crippen MR) is 60.9 cm³/mol.